The third-order valence-electron chi connectivity index (χ3n) is 6.38. The zero-order chi connectivity index (χ0) is 19.9. The molecule has 1 unspecified atom stereocenters. The fourth-order valence-corrected chi connectivity index (χ4v) is 4.86. The molecule has 152 valence electrons. The summed E-state index contributed by atoms with van der Waals surface area (Å²) >= 11 is 0. The molecule has 1 atom stereocenters. The van der Waals surface area contributed by atoms with E-state index in [4.69, 9.17) is 0 Å². The Balaban J connectivity index is 1.27. The van der Waals surface area contributed by atoms with Crippen molar-refractivity contribution >= 4 is 12.0 Å². The minimum atomic E-state index is 0.131. The van der Waals surface area contributed by atoms with Crippen LogP contribution >= 0.6 is 0 Å². The first-order valence-corrected chi connectivity index (χ1v) is 10.9. The van der Waals surface area contributed by atoms with Crippen LogP contribution in [0, 0.1) is 5.41 Å². The molecule has 0 aliphatic carbocycles. The Bertz CT molecular complexity index is 820. The molecule has 29 heavy (non-hydrogen) atoms. The van der Waals surface area contributed by atoms with E-state index < -0.39 is 0 Å². The quantitative estimate of drug-likeness (QED) is 0.700. The van der Waals surface area contributed by atoms with E-state index in [1.165, 1.54) is 31.4 Å². The average Bonchev–Trinajstić information content (AvgIpc) is 3.17. The summed E-state index contributed by atoms with van der Waals surface area (Å²) in [6.45, 7) is 5.28. The summed E-state index contributed by atoms with van der Waals surface area (Å²) in [5, 5.41) is 0. The van der Waals surface area contributed by atoms with Gasteiger partial charge in [0.1, 0.15) is 0 Å². The Morgan fingerprint density at radius 1 is 1.07 bits per heavy atom. The van der Waals surface area contributed by atoms with Gasteiger partial charge in [-0.1, -0.05) is 36.4 Å². The molecule has 0 bridgehead atoms. The van der Waals surface area contributed by atoms with Gasteiger partial charge in [-0.15, -0.1) is 0 Å². The van der Waals surface area contributed by atoms with Crippen molar-refractivity contribution in [2.45, 2.75) is 32.1 Å². The molecular weight excluding hydrogens is 358 g/mol. The Morgan fingerprint density at radius 2 is 1.97 bits per heavy atom. The molecule has 2 aromatic rings. The van der Waals surface area contributed by atoms with Crippen LogP contribution in [0.15, 0.2) is 60.9 Å². The van der Waals surface area contributed by atoms with E-state index in [1.807, 2.05) is 23.1 Å². The maximum absolute atomic E-state index is 12.7. The molecule has 1 aromatic heterocycles. The van der Waals surface area contributed by atoms with Crippen molar-refractivity contribution < 1.29 is 4.79 Å². The van der Waals surface area contributed by atoms with Gasteiger partial charge >= 0.3 is 0 Å². The molecule has 0 saturated carbocycles. The van der Waals surface area contributed by atoms with Crippen LogP contribution in [0.3, 0.4) is 0 Å². The fraction of sp³-hybridized carbons (Fsp3) is 0.440. The van der Waals surface area contributed by atoms with E-state index in [1.54, 1.807) is 18.5 Å². The molecule has 1 amide bonds. The summed E-state index contributed by atoms with van der Waals surface area (Å²) in [4.78, 5) is 21.4. The summed E-state index contributed by atoms with van der Waals surface area (Å²) in [5.74, 6) is 0.131. The maximum Gasteiger partial charge on any atom is 0.246 e. The minimum absolute atomic E-state index is 0.131. The highest BCUT2D eigenvalue weighted by atomic mass is 16.2. The molecule has 2 aliphatic heterocycles. The first kappa shape index (κ1) is 19.8. The van der Waals surface area contributed by atoms with Gasteiger partial charge < -0.3 is 9.80 Å². The highest BCUT2D eigenvalue weighted by molar-refractivity contribution is 5.92. The standard InChI is InChI=1S/C25H31N3O/c29-24(12-11-23-9-4-15-26-19-23)28-18-14-25(21-28)13-6-17-27(20-25)16-5-10-22-7-2-1-3-8-22/h1-4,7-9,11-12,15,19H,5-6,10,13-14,16-18,20-21H2. The molecule has 2 aliphatic rings. The third kappa shape index (κ3) is 5.33. The second-order valence-corrected chi connectivity index (χ2v) is 8.60. The van der Waals surface area contributed by atoms with Crippen molar-refractivity contribution in [3.63, 3.8) is 0 Å². The lowest BCUT2D eigenvalue weighted by Gasteiger charge is -2.40. The predicted molar refractivity (Wildman–Crippen MR) is 117 cm³/mol. The number of pyridine rings is 1. The van der Waals surface area contributed by atoms with E-state index in [0.29, 0.717) is 5.41 Å². The van der Waals surface area contributed by atoms with Gasteiger partial charge in [-0.2, -0.15) is 0 Å². The Hall–Kier alpha value is -2.46. The summed E-state index contributed by atoms with van der Waals surface area (Å²) in [5.41, 5.74) is 2.69. The van der Waals surface area contributed by atoms with Gasteiger partial charge in [0.25, 0.3) is 0 Å². The van der Waals surface area contributed by atoms with Crippen LogP contribution in [-0.4, -0.2) is 53.4 Å². The van der Waals surface area contributed by atoms with Crippen molar-refractivity contribution in [3.8, 4) is 0 Å². The monoisotopic (exact) mass is 389 g/mol. The Morgan fingerprint density at radius 3 is 2.79 bits per heavy atom. The van der Waals surface area contributed by atoms with Crippen LogP contribution in [0.4, 0.5) is 0 Å². The lowest BCUT2D eigenvalue weighted by Crippen LogP contribution is -2.45. The number of hydrogen-bond donors (Lipinski definition) is 0. The van der Waals surface area contributed by atoms with E-state index in [9.17, 15) is 4.79 Å². The molecular formula is C25H31N3O. The van der Waals surface area contributed by atoms with Gasteiger partial charge in [0, 0.05) is 43.5 Å². The van der Waals surface area contributed by atoms with Gasteiger partial charge in [0.2, 0.25) is 5.91 Å². The number of piperidine rings is 1. The van der Waals surface area contributed by atoms with Crippen LogP contribution in [0.25, 0.3) is 6.08 Å². The number of amides is 1. The fourth-order valence-electron chi connectivity index (χ4n) is 4.86. The second kappa shape index (κ2) is 9.36. The Labute approximate surface area is 174 Å². The SMILES string of the molecule is O=C(C=Cc1cccnc1)N1CCC2(CCCN(CCCc3ccccc3)C2)C1. The molecule has 0 radical (unpaired) electrons. The van der Waals surface area contributed by atoms with Crippen molar-refractivity contribution in [2.24, 2.45) is 5.41 Å². The number of aryl methyl sites for hydroxylation is 1. The summed E-state index contributed by atoms with van der Waals surface area (Å²) in [6.07, 6.45) is 13.1. The molecule has 4 heteroatoms. The molecule has 4 rings (SSSR count). The lowest BCUT2D eigenvalue weighted by molar-refractivity contribution is -0.125. The normalized spacial score (nSPS) is 22.6. The Kier molecular flexibility index (Phi) is 6.40. The van der Waals surface area contributed by atoms with Crippen molar-refractivity contribution in [1.82, 2.24) is 14.8 Å². The first-order chi connectivity index (χ1) is 14.2. The van der Waals surface area contributed by atoms with Crippen LogP contribution in [0.2, 0.25) is 0 Å². The smallest absolute Gasteiger partial charge is 0.246 e. The van der Waals surface area contributed by atoms with E-state index in [2.05, 4.69) is 40.2 Å². The van der Waals surface area contributed by atoms with Gasteiger partial charge in [-0.25, -0.2) is 0 Å². The number of rotatable bonds is 6. The summed E-state index contributed by atoms with van der Waals surface area (Å²) in [6, 6.07) is 14.6. The number of hydrogen-bond acceptors (Lipinski definition) is 3. The number of nitrogens with zero attached hydrogens (tertiary/aromatic N) is 3. The lowest BCUT2D eigenvalue weighted by atomic mass is 9.79. The highest BCUT2D eigenvalue weighted by Crippen LogP contribution is 2.39. The van der Waals surface area contributed by atoms with Crippen LogP contribution in [0.1, 0.15) is 36.8 Å². The van der Waals surface area contributed by atoms with Crippen LogP contribution < -0.4 is 0 Å². The van der Waals surface area contributed by atoms with Gasteiger partial charge in [-0.3, -0.25) is 9.78 Å². The molecule has 4 nitrogen and oxygen atoms in total. The molecule has 3 heterocycles. The van der Waals surface area contributed by atoms with Gasteiger partial charge in [-0.05, 0) is 68.5 Å². The van der Waals surface area contributed by atoms with E-state index in [0.717, 1.165) is 44.6 Å². The number of carbonyl (C=O) groups excluding carboxylic acids is 1. The molecule has 2 fully saturated rings. The predicted octanol–water partition coefficient (Wildman–Crippen LogP) is 4.04. The van der Waals surface area contributed by atoms with Crippen LogP contribution in [-0.2, 0) is 11.2 Å². The zero-order valence-corrected chi connectivity index (χ0v) is 17.2. The minimum Gasteiger partial charge on any atom is -0.339 e. The first-order valence-electron chi connectivity index (χ1n) is 10.9. The molecule has 1 aromatic carbocycles. The van der Waals surface area contributed by atoms with E-state index >= 15 is 0 Å². The van der Waals surface area contributed by atoms with Crippen molar-refractivity contribution in [1.29, 1.82) is 0 Å². The van der Waals surface area contributed by atoms with Crippen molar-refractivity contribution in [2.75, 3.05) is 32.7 Å². The second-order valence-electron chi connectivity index (χ2n) is 8.60. The van der Waals surface area contributed by atoms with E-state index in [-0.39, 0.29) is 5.91 Å². The van der Waals surface area contributed by atoms with Gasteiger partial charge in [0.15, 0.2) is 0 Å². The molecule has 1 spiro atoms. The number of benzene rings is 1. The molecule has 0 N–H and O–H groups in total. The molecule has 2 saturated heterocycles. The zero-order valence-electron chi connectivity index (χ0n) is 17.2. The summed E-state index contributed by atoms with van der Waals surface area (Å²) in [7, 11) is 0. The number of aromatic nitrogens is 1. The number of likely N-dealkylation sites (tertiary alicyclic amines) is 2. The maximum atomic E-state index is 12.7. The summed E-state index contributed by atoms with van der Waals surface area (Å²) < 4.78 is 0. The topological polar surface area (TPSA) is 36.4 Å². The number of carbonyl (C=O) groups is 1. The van der Waals surface area contributed by atoms with Gasteiger partial charge in [0.05, 0.1) is 0 Å². The highest BCUT2D eigenvalue weighted by Gasteiger charge is 2.42. The van der Waals surface area contributed by atoms with Crippen LogP contribution in [0.5, 0.6) is 0 Å². The van der Waals surface area contributed by atoms with Crippen molar-refractivity contribution in [3.05, 3.63) is 72.1 Å². The largest absolute Gasteiger partial charge is 0.339 e. The average molecular weight is 390 g/mol. The third-order valence-corrected chi connectivity index (χ3v) is 6.38.